The van der Waals surface area contributed by atoms with Crippen LogP contribution >= 0.6 is 11.6 Å². The van der Waals surface area contributed by atoms with Crippen LogP contribution in [0.15, 0.2) is 53.5 Å². The molecule has 0 saturated heterocycles. The summed E-state index contributed by atoms with van der Waals surface area (Å²) >= 11 is 6.07. The summed E-state index contributed by atoms with van der Waals surface area (Å²) in [5.74, 6) is -0.460. The number of nitrogens with zero attached hydrogens (tertiary/aromatic N) is 3. The molecule has 0 spiro atoms. The molecule has 1 aliphatic rings. The zero-order valence-corrected chi connectivity index (χ0v) is 18.1. The summed E-state index contributed by atoms with van der Waals surface area (Å²) in [6, 6.07) is 13.5. The van der Waals surface area contributed by atoms with Crippen LogP contribution in [0.4, 0.5) is 18.9 Å². The number of aliphatic imine (C=N–C) groups is 1. The molecule has 1 heterocycles. The van der Waals surface area contributed by atoms with E-state index in [1.807, 2.05) is 6.07 Å². The summed E-state index contributed by atoms with van der Waals surface area (Å²) in [5.41, 5.74) is 0.00932. The molecule has 170 valence electrons. The first-order valence-electron chi connectivity index (χ1n) is 10.4. The second-order valence-electron chi connectivity index (χ2n) is 7.97. The van der Waals surface area contributed by atoms with Gasteiger partial charge in [-0.15, -0.1) is 0 Å². The molecule has 1 unspecified atom stereocenters. The van der Waals surface area contributed by atoms with Crippen molar-refractivity contribution in [3.05, 3.63) is 70.4 Å². The van der Waals surface area contributed by atoms with Crippen LogP contribution in [0.25, 0.3) is 10.9 Å². The van der Waals surface area contributed by atoms with E-state index in [0.29, 0.717) is 28.9 Å². The lowest BCUT2D eigenvalue weighted by atomic mass is 9.91. The van der Waals surface area contributed by atoms with Crippen molar-refractivity contribution in [3.63, 3.8) is 0 Å². The van der Waals surface area contributed by atoms with Gasteiger partial charge in [0.1, 0.15) is 5.69 Å². The third kappa shape index (κ3) is 5.20. The summed E-state index contributed by atoms with van der Waals surface area (Å²) in [5, 5.41) is 26.0. The largest absolute Gasteiger partial charge is 0.858 e. The minimum Gasteiger partial charge on any atom is -0.858 e. The lowest BCUT2D eigenvalue weighted by Gasteiger charge is -2.30. The van der Waals surface area contributed by atoms with Crippen molar-refractivity contribution in [1.29, 1.82) is 5.26 Å². The maximum Gasteiger partial charge on any atom is 0.433 e. The summed E-state index contributed by atoms with van der Waals surface area (Å²) < 4.78 is 40.2. The molecule has 3 aromatic rings. The van der Waals surface area contributed by atoms with Crippen LogP contribution in [-0.2, 0) is 6.18 Å². The van der Waals surface area contributed by atoms with Crippen LogP contribution in [0.2, 0.25) is 5.02 Å². The SMILES string of the molecule is N#Cc1ccccc1C([O-])=NC1CCC[C@H](Nc2cc(C(F)(F)F)nc3ccc(Cl)cc23)C1. The van der Waals surface area contributed by atoms with Crippen molar-refractivity contribution in [2.45, 2.75) is 43.9 Å². The number of hydrogen-bond acceptors (Lipinski definition) is 5. The molecule has 5 nitrogen and oxygen atoms in total. The van der Waals surface area contributed by atoms with E-state index >= 15 is 0 Å². The lowest BCUT2D eigenvalue weighted by Crippen LogP contribution is -2.32. The fraction of sp³-hybridized carbons (Fsp3) is 0.292. The first kappa shape index (κ1) is 22.9. The number of nitrogens with one attached hydrogen (secondary N) is 1. The van der Waals surface area contributed by atoms with Gasteiger partial charge in [-0.05, 0) is 61.9 Å². The van der Waals surface area contributed by atoms with E-state index < -0.39 is 17.8 Å². The van der Waals surface area contributed by atoms with E-state index in [0.717, 1.165) is 18.9 Å². The Bertz CT molecular complexity index is 1250. The Morgan fingerprint density at radius 3 is 2.73 bits per heavy atom. The Labute approximate surface area is 193 Å². The third-order valence-corrected chi connectivity index (χ3v) is 5.88. The third-order valence-electron chi connectivity index (χ3n) is 5.65. The Balaban J connectivity index is 1.60. The Morgan fingerprint density at radius 2 is 1.97 bits per heavy atom. The number of benzene rings is 2. The highest BCUT2D eigenvalue weighted by molar-refractivity contribution is 6.31. The van der Waals surface area contributed by atoms with E-state index in [9.17, 15) is 23.5 Å². The van der Waals surface area contributed by atoms with Gasteiger partial charge in [-0.25, -0.2) is 4.98 Å². The fourth-order valence-corrected chi connectivity index (χ4v) is 4.27. The fourth-order valence-electron chi connectivity index (χ4n) is 4.10. The van der Waals surface area contributed by atoms with Crippen molar-refractivity contribution in [3.8, 4) is 6.07 Å². The smallest absolute Gasteiger partial charge is 0.433 e. The highest BCUT2D eigenvalue weighted by atomic mass is 35.5. The molecular weight excluding hydrogens is 453 g/mol. The minimum atomic E-state index is -4.59. The van der Waals surface area contributed by atoms with Crippen LogP contribution in [0.5, 0.6) is 0 Å². The average Bonchev–Trinajstić information content (AvgIpc) is 2.78. The van der Waals surface area contributed by atoms with Gasteiger partial charge in [-0.1, -0.05) is 29.8 Å². The maximum atomic E-state index is 13.4. The number of hydrogen-bond donors (Lipinski definition) is 1. The second-order valence-corrected chi connectivity index (χ2v) is 8.40. The van der Waals surface area contributed by atoms with E-state index in [1.54, 1.807) is 30.3 Å². The molecule has 33 heavy (non-hydrogen) atoms. The Hall–Kier alpha value is -3.31. The van der Waals surface area contributed by atoms with Gasteiger partial charge in [-0.2, -0.15) is 18.4 Å². The molecule has 0 amide bonds. The van der Waals surface area contributed by atoms with E-state index in [-0.39, 0.29) is 28.7 Å². The van der Waals surface area contributed by atoms with Crippen molar-refractivity contribution in [1.82, 2.24) is 4.98 Å². The van der Waals surface area contributed by atoms with E-state index in [1.165, 1.54) is 12.1 Å². The monoisotopic (exact) mass is 471 g/mol. The van der Waals surface area contributed by atoms with Crippen molar-refractivity contribution >= 4 is 34.1 Å². The summed E-state index contributed by atoms with van der Waals surface area (Å²) in [6.45, 7) is 0. The van der Waals surface area contributed by atoms with E-state index in [2.05, 4.69) is 15.3 Å². The number of fused-ring (bicyclic) bond motifs is 1. The zero-order chi connectivity index (χ0) is 23.6. The van der Waals surface area contributed by atoms with Gasteiger partial charge in [0.25, 0.3) is 0 Å². The normalized spacial score (nSPS) is 19.3. The molecule has 1 saturated carbocycles. The second kappa shape index (κ2) is 9.28. The zero-order valence-electron chi connectivity index (χ0n) is 17.4. The van der Waals surface area contributed by atoms with Crippen LogP contribution < -0.4 is 10.4 Å². The number of pyridine rings is 1. The molecule has 0 bridgehead atoms. The summed E-state index contributed by atoms with van der Waals surface area (Å²) in [4.78, 5) is 8.03. The maximum absolute atomic E-state index is 13.4. The van der Waals surface area contributed by atoms with Gasteiger partial charge >= 0.3 is 6.18 Å². The molecule has 1 fully saturated rings. The molecule has 1 aromatic heterocycles. The van der Waals surface area contributed by atoms with Crippen molar-refractivity contribution in [2.75, 3.05) is 5.32 Å². The predicted octanol–water partition coefficient (Wildman–Crippen LogP) is 5.31. The van der Waals surface area contributed by atoms with Crippen molar-refractivity contribution < 1.29 is 18.3 Å². The highest BCUT2D eigenvalue weighted by Gasteiger charge is 2.34. The van der Waals surface area contributed by atoms with E-state index in [4.69, 9.17) is 11.6 Å². The first-order chi connectivity index (χ1) is 15.7. The minimum absolute atomic E-state index is 0.183. The quantitative estimate of drug-likeness (QED) is 0.413. The van der Waals surface area contributed by atoms with Crippen LogP contribution in [0.3, 0.4) is 0 Å². The molecule has 4 rings (SSSR count). The van der Waals surface area contributed by atoms with Crippen LogP contribution in [-0.4, -0.2) is 23.0 Å². The average molecular weight is 472 g/mol. The Kier molecular flexibility index (Phi) is 6.43. The highest BCUT2D eigenvalue weighted by Crippen LogP contribution is 2.35. The van der Waals surface area contributed by atoms with Gasteiger partial charge in [0.05, 0.1) is 23.2 Å². The van der Waals surface area contributed by atoms with Gasteiger partial charge in [0, 0.05) is 27.7 Å². The molecule has 2 aromatic carbocycles. The lowest BCUT2D eigenvalue weighted by molar-refractivity contribution is -0.213. The van der Waals surface area contributed by atoms with Gasteiger partial charge < -0.3 is 10.4 Å². The van der Waals surface area contributed by atoms with Crippen LogP contribution in [0.1, 0.15) is 42.5 Å². The summed E-state index contributed by atoms with van der Waals surface area (Å²) in [6.07, 6.45) is -1.94. The molecule has 0 radical (unpaired) electrons. The van der Waals surface area contributed by atoms with Crippen LogP contribution in [0, 0.1) is 11.3 Å². The number of halogens is 4. The van der Waals surface area contributed by atoms with Gasteiger partial charge in [0.15, 0.2) is 0 Å². The number of aromatic nitrogens is 1. The standard InChI is InChI=1S/C24H20ClF3N4O/c25-15-8-9-20-19(10-15)21(12-22(32-20)24(26,27)28)30-16-5-3-6-17(11-16)31-23(33)18-7-2-1-4-14(18)13-29/h1-2,4,7-10,12,16-17H,3,5-6,11H2,(H,30,32)(H,31,33)/p-1/t16-,17?/m0/s1. The number of alkyl halides is 3. The molecule has 0 aliphatic heterocycles. The molecule has 1 aliphatic carbocycles. The number of rotatable bonds is 4. The van der Waals surface area contributed by atoms with Gasteiger partial charge in [0.2, 0.25) is 0 Å². The Morgan fingerprint density at radius 1 is 1.18 bits per heavy atom. The van der Waals surface area contributed by atoms with Gasteiger partial charge in [-0.3, -0.25) is 4.99 Å². The molecule has 2 atom stereocenters. The topological polar surface area (TPSA) is 84.1 Å². The molecule has 1 N–H and O–H groups in total. The number of anilines is 1. The summed E-state index contributed by atoms with van der Waals surface area (Å²) in [7, 11) is 0. The predicted molar refractivity (Wildman–Crippen MR) is 119 cm³/mol. The van der Waals surface area contributed by atoms with Crippen molar-refractivity contribution in [2.24, 2.45) is 4.99 Å². The molecule has 9 heteroatoms. The number of nitriles is 1. The molecular formula is C24H19ClF3N4O-. The first-order valence-corrected chi connectivity index (χ1v) is 10.8.